The number of aliphatic hydroxyl groups excluding tert-OH is 1. The van der Waals surface area contributed by atoms with Crippen molar-refractivity contribution in [3.63, 3.8) is 0 Å². The van der Waals surface area contributed by atoms with Gasteiger partial charge < -0.3 is 5.11 Å². The summed E-state index contributed by atoms with van der Waals surface area (Å²) in [5.74, 6) is 9.08. The van der Waals surface area contributed by atoms with E-state index in [0.717, 1.165) is 38.5 Å². The first-order chi connectivity index (χ1) is 19.1. The fourth-order valence-corrected chi connectivity index (χ4v) is 11.4. The third kappa shape index (κ3) is 4.65. The maximum Gasteiger partial charge on any atom is 0.140 e. The summed E-state index contributed by atoms with van der Waals surface area (Å²) in [4.78, 5) is 27.7. The van der Waals surface area contributed by atoms with Gasteiger partial charge in [0.05, 0.1) is 6.10 Å². The third-order valence-electron chi connectivity index (χ3n) is 13.6. The second kappa shape index (κ2) is 10.5. The first-order valence-corrected chi connectivity index (χ1v) is 16.7. The average Bonchev–Trinajstić information content (AvgIpc) is 2.86. The molecule has 226 valence electrons. The number of allylic oxidation sites excluding steroid dienone is 4. The van der Waals surface area contributed by atoms with E-state index in [9.17, 15) is 14.7 Å². The van der Waals surface area contributed by atoms with Crippen molar-refractivity contribution in [1.29, 1.82) is 0 Å². The molecule has 0 aliphatic heterocycles. The molecule has 1 N–H and O–H groups in total. The first kappa shape index (κ1) is 30.8. The lowest BCUT2D eigenvalue weighted by Crippen LogP contribution is -2.69. The highest BCUT2D eigenvalue weighted by molar-refractivity contribution is 5.87. The molecule has 3 saturated carbocycles. The Morgan fingerprint density at radius 1 is 1.12 bits per heavy atom. The SMILES string of the molecule is CC(=O)C1C(C)CC2(C)CC3(C)CC4C(C(C)C)C=C(C#CC5CC=C(C)CC5)C(C)C4C(=O)C3C(C)C2(C)C1O. The van der Waals surface area contributed by atoms with Crippen molar-refractivity contribution in [3.05, 3.63) is 23.3 Å². The summed E-state index contributed by atoms with van der Waals surface area (Å²) in [6, 6.07) is 0. The predicted octanol–water partition coefficient (Wildman–Crippen LogP) is 8.07. The van der Waals surface area contributed by atoms with Crippen molar-refractivity contribution in [1.82, 2.24) is 0 Å². The zero-order valence-corrected chi connectivity index (χ0v) is 27.5. The lowest BCUT2D eigenvalue weighted by Gasteiger charge is -2.70. The molecule has 0 radical (unpaired) electrons. The fourth-order valence-electron chi connectivity index (χ4n) is 11.4. The highest BCUT2D eigenvalue weighted by atomic mass is 16.3. The number of hydrogen-bond donors (Lipinski definition) is 1. The molecule has 0 aromatic heterocycles. The summed E-state index contributed by atoms with van der Waals surface area (Å²) in [7, 11) is 0. The number of fused-ring (bicyclic) bond motifs is 3. The van der Waals surface area contributed by atoms with E-state index in [1.807, 2.05) is 0 Å². The maximum absolute atomic E-state index is 15.0. The molecule has 5 aliphatic rings. The largest absolute Gasteiger partial charge is 0.392 e. The molecule has 0 aromatic carbocycles. The Bertz CT molecular complexity index is 1210. The molecule has 0 aromatic rings. The van der Waals surface area contributed by atoms with Crippen molar-refractivity contribution in [3.8, 4) is 11.8 Å². The smallest absolute Gasteiger partial charge is 0.140 e. The van der Waals surface area contributed by atoms with Gasteiger partial charge in [0, 0.05) is 34.7 Å². The maximum atomic E-state index is 15.0. The van der Waals surface area contributed by atoms with Gasteiger partial charge in [0.1, 0.15) is 11.6 Å². The van der Waals surface area contributed by atoms with Crippen molar-refractivity contribution in [2.24, 2.45) is 75.4 Å². The lowest BCUT2D eigenvalue weighted by atomic mass is 9.34. The molecule has 13 atom stereocenters. The molecule has 5 aliphatic carbocycles. The second-order valence-corrected chi connectivity index (χ2v) is 16.5. The van der Waals surface area contributed by atoms with Crippen molar-refractivity contribution < 1.29 is 14.7 Å². The van der Waals surface area contributed by atoms with Crippen molar-refractivity contribution in [2.45, 2.75) is 114 Å². The minimum atomic E-state index is -0.722. The van der Waals surface area contributed by atoms with E-state index in [4.69, 9.17) is 0 Å². The Morgan fingerprint density at radius 2 is 1.80 bits per heavy atom. The van der Waals surface area contributed by atoms with Crippen LogP contribution in [0.25, 0.3) is 0 Å². The van der Waals surface area contributed by atoms with Crippen LogP contribution in [0.1, 0.15) is 108 Å². The van der Waals surface area contributed by atoms with E-state index in [1.165, 1.54) is 11.1 Å². The van der Waals surface area contributed by atoms with Crippen LogP contribution in [0.3, 0.4) is 0 Å². The molecule has 0 bridgehead atoms. The van der Waals surface area contributed by atoms with E-state index < -0.39 is 11.5 Å². The van der Waals surface area contributed by atoms with E-state index in [1.54, 1.807) is 6.92 Å². The minimum absolute atomic E-state index is 0.00598. The van der Waals surface area contributed by atoms with E-state index in [-0.39, 0.29) is 52.1 Å². The average molecular weight is 561 g/mol. The zero-order chi connectivity index (χ0) is 30.2. The molecule has 0 spiro atoms. The Hall–Kier alpha value is -1.66. The van der Waals surface area contributed by atoms with Crippen LogP contribution >= 0.6 is 0 Å². The highest BCUT2D eigenvalue weighted by Gasteiger charge is 2.70. The molecule has 41 heavy (non-hydrogen) atoms. The molecule has 0 amide bonds. The molecule has 3 heteroatoms. The number of carbonyl (C=O) groups excluding carboxylic acids is 2. The number of carbonyl (C=O) groups is 2. The van der Waals surface area contributed by atoms with Gasteiger partial charge in [0.2, 0.25) is 0 Å². The molecule has 3 fully saturated rings. The number of aliphatic hydroxyl groups is 1. The quantitative estimate of drug-likeness (QED) is 0.274. The molecule has 0 saturated heterocycles. The van der Waals surface area contributed by atoms with Gasteiger partial charge in [-0.2, -0.15) is 0 Å². The summed E-state index contributed by atoms with van der Waals surface area (Å²) in [6.45, 7) is 22.1. The van der Waals surface area contributed by atoms with Crippen LogP contribution in [0.4, 0.5) is 0 Å². The van der Waals surface area contributed by atoms with Crippen LogP contribution in [-0.2, 0) is 9.59 Å². The zero-order valence-electron chi connectivity index (χ0n) is 27.5. The highest BCUT2D eigenvalue weighted by Crippen LogP contribution is 2.72. The number of Topliss-reactive ketones (excluding diaryl/α,β-unsaturated/α-hetero) is 2. The van der Waals surface area contributed by atoms with Gasteiger partial charge in [0.25, 0.3) is 0 Å². The van der Waals surface area contributed by atoms with Crippen LogP contribution in [0.5, 0.6) is 0 Å². The second-order valence-electron chi connectivity index (χ2n) is 16.5. The topological polar surface area (TPSA) is 54.4 Å². The molecule has 3 nitrogen and oxygen atoms in total. The molecule has 13 unspecified atom stereocenters. The van der Waals surface area contributed by atoms with Crippen LogP contribution in [0.15, 0.2) is 23.3 Å². The van der Waals surface area contributed by atoms with Gasteiger partial charge in [-0.3, -0.25) is 9.59 Å². The predicted molar refractivity (Wildman–Crippen MR) is 167 cm³/mol. The van der Waals surface area contributed by atoms with Gasteiger partial charge in [0.15, 0.2) is 0 Å². The summed E-state index contributed by atoms with van der Waals surface area (Å²) in [5.41, 5.74) is 1.94. The summed E-state index contributed by atoms with van der Waals surface area (Å²) >= 11 is 0. The minimum Gasteiger partial charge on any atom is -0.392 e. The Kier molecular flexibility index (Phi) is 7.89. The van der Waals surface area contributed by atoms with Crippen LogP contribution in [0.2, 0.25) is 0 Å². The fraction of sp³-hybridized carbons (Fsp3) is 0.789. The normalized spacial score (nSPS) is 49.5. The number of hydrogen-bond acceptors (Lipinski definition) is 3. The monoisotopic (exact) mass is 560 g/mol. The first-order valence-electron chi connectivity index (χ1n) is 16.7. The van der Waals surface area contributed by atoms with E-state index in [2.05, 4.69) is 86.3 Å². The van der Waals surface area contributed by atoms with Crippen LogP contribution < -0.4 is 0 Å². The van der Waals surface area contributed by atoms with Crippen LogP contribution in [-0.4, -0.2) is 22.8 Å². The molecule has 0 heterocycles. The third-order valence-corrected chi connectivity index (χ3v) is 13.6. The van der Waals surface area contributed by atoms with Crippen molar-refractivity contribution in [2.75, 3.05) is 0 Å². The van der Waals surface area contributed by atoms with Crippen LogP contribution in [0, 0.1) is 87.3 Å². The van der Waals surface area contributed by atoms with E-state index in [0.29, 0.717) is 29.5 Å². The van der Waals surface area contributed by atoms with E-state index >= 15 is 0 Å². The standard InChI is InChI=1S/C38H56O3/c1-21(2)29-17-28(16-15-27-13-11-22(3)12-14-27)24(5)32-30(29)19-36(8)20-37(9)18-23(4)31(26(7)39)35(41)38(37,10)25(6)33(36)34(32)40/h11,17,21,23-25,27,29-33,35,41H,12-14,18-20H2,1-10H3. The number of ketones is 2. The van der Waals surface area contributed by atoms with Gasteiger partial charge in [-0.25, -0.2) is 0 Å². The van der Waals surface area contributed by atoms with Gasteiger partial charge in [-0.1, -0.05) is 85.0 Å². The molecule has 5 rings (SSSR count). The summed E-state index contributed by atoms with van der Waals surface area (Å²) < 4.78 is 0. The van der Waals surface area contributed by atoms with Gasteiger partial charge in [-0.05, 0) is 98.7 Å². The lowest BCUT2D eigenvalue weighted by molar-refractivity contribution is -0.239. The summed E-state index contributed by atoms with van der Waals surface area (Å²) in [6.07, 6.45) is 10.3. The van der Waals surface area contributed by atoms with Gasteiger partial charge >= 0.3 is 0 Å². The Balaban J connectivity index is 1.53. The summed E-state index contributed by atoms with van der Waals surface area (Å²) in [5, 5.41) is 11.9. The van der Waals surface area contributed by atoms with Crippen molar-refractivity contribution >= 4 is 11.6 Å². The Morgan fingerprint density at radius 3 is 2.39 bits per heavy atom. The molecular weight excluding hydrogens is 504 g/mol. The van der Waals surface area contributed by atoms with Gasteiger partial charge in [-0.15, -0.1) is 0 Å². The Labute approximate surface area is 250 Å². The molecular formula is C38H56O3. The number of rotatable bonds is 2.